The van der Waals surface area contributed by atoms with Crippen molar-refractivity contribution in [3.63, 3.8) is 0 Å². The number of hydrogen-bond acceptors (Lipinski definition) is 8. The Morgan fingerprint density at radius 3 is 2.15 bits per heavy atom. The van der Waals surface area contributed by atoms with Crippen LogP contribution in [0.15, 0.2) is 70.3 Å². The first-order valence-corrected chi connectivity index (χ1v) is 14.7. The number of aryl methyl sites for hydroxylation is 1. The Morgan fingerprint density at radius 2 is 1.57 bits per heavy atom. The van der Waals surface area contributed by atoms with Gasteiger partial charge in [-0.05, 0) is 51.5 Å². The van der Waals surface area contributed by atoms with Crippen molar-refractivity contribution in [2.45, 2.75) is 38.0 Å². The van der Waals surface area contributed by atoms with E-state index < -0.39 is 10.0 Å². The van der Waals surface area contributed by atoms with Crippen molar-refractivity contribution in [3.05, 3.63) is 76.5 Å². The topological polar surface area (TPSA) is 125 Å². The lowest BCUT2D eigenvalue weighted by Gasteiger charge is -2.19. The third-order valence-corrected chi connectivity index (χ3v) is 7.77. The van der Waals surface area contributed by atoms with Crippen LogP contribution in [0.25, 0.3) is 11.1 Å². The Labute approximate surface area is 242 Å². The number of carbonyl (C=O) groups excluding carboxylic acids is 1. The predicted molar refractivity (Wildman–Crippen MR) is 155 cm³/mol. The molecular formula is C28H30BrN5O5S. The number of carbonyl (C=O) groups is 1. The van der Waals surface area contributed by atoms with Crippen LogP contribution in [-0.4, -0.2) is 47.2 Å². The molecule has 0 bridgehead atoms. The average Bonchev–Trinajstić information content (AvgIpc) is 3.21. The van der Waals surface area contributed by atoms with Gasteiger partial charge in [0.2, 0.25) is 5.88 Å². The maximum Gasteiger partial charge on any atom is 0.316 e. The van der Waals surface area contributed by atoms with Gasteiger partial charge in [0, 0.05) is 25.0 Å². The third-order valence-electron chi connectivity index (χ3n) is 6.01. The molecule has 0 aliphatic rings. The molecule has 2 aromatic heterocycles. The van der Waals surface area contributed by atoms with E-state index in [2.05, 4.69) is 56.5 Å². The van der Waals surface area contributed by atoms with Gasteiger partial charge in [-0.1, -0.05) is 57.2 Å². The van der Waals surface area contributed by atoms with Gasteiger partial charge < -0.3 is 9.47 Å². The number of aromatic nitrogens is 4. The summed E-state index contributed by atoms with van der Waals surface area (Å²) in [6.07, 6.45) is 3.14. The second kappa shape index (κ2) is 11.8. The van der Waals surface area contributed by atoms with E-state index in [4.69, 9.17) is 9.47 Å². The van der Waals surface area contributed by atoms with Gasteiger partial charge >= 0.3 is 6.01 Å². The quantitative estimate of drug-likeness (QED) is 0.183. The van der Waals surface area contributed by atoms with Crippen LogP contribution < -0.4 is 14.2 Å². The van der Waals surface area contributed by atoms with Crippen LogP contribution in [-0.2, 0) is 22.5 Å². The number of hydrogen-bond donors (Lipinski definition) is 1. The zero-order chi connectivity index (χ0) is 29.1. The first-order chi connectivity index (χ1) is 18.8. The first-order valence-electron chi connectivity index (χ1n) is 12.4. The average molecular weight is 629 g/mol. The minimum absolute atomic E-state index is 0.0823. The second-order valence-electron chi connectivity index (χ2n) is 10.0. The highest BCUT2D eigenvalue weighted by Gasteiger charge is 2.25. The van der Waals surface area contributed by atoms with E-state index in [0.717, 1.165) is 10.0 Å². The van der Waals surface area contributed by atoms with Crippen LogP contribution in [0, 0.1) is 0 Å². The van der Waals surface area contributed by atoms with Crippen LogP contribution >= 0.6 is 15.9 Å². The molecule has 10 nitrogen and oxygen atoms in total. The number of nitrogens with zero attached hydrogens (tertiary/aromatic N) is 4. The fraction of sp³-hybridized carbons (Fsp3) is 0.286. The molecule has 40 heavy (non-hydrogen) atoms. The molecule has 12 heteroatoms. The summed E-state index contributed by atoms with van der Waals surface area (Å²) in [5.41, 5.74) is 2.47. The van der Waals surface area contributed by atoms with E-state index in [0.29, 0.717) is 16.7 Å². The molecule has 0 unspecified atom stereocenters. The van der Waals surface area contributed by atoms with Crippen molar-refractivity contribution in [3.8, 4) is 23.0 Å². The third kappa shape index (κ3) is 6.86. The van der Waals surface area contributed by atoms with E-state index in [1.165, 1.54) is 11.6 Å². The lowest BCUT2D eigenvalue weighted by Crippen LogP contribution is -2.17. The van der Waals surface area contributed by atoms with Crippen LogP contribution in [0.5, 0.6) is 11.9 Å². The molecule has 0 saturated carbocycles. The lowest BCUT2D eigenvalue weighted by molar-refractivity contribution is 0.101. The number of ketones is 1. The van der Waals surface area contributed by atoms with Gasteiger partial charge in [0.1, 0.15) is 19.0 Å². The summed E-state index contributed by atoms with van der Waals surface area (Å²) in [7, 11) is -2.35. The highest BCUT2D eigenvalue weighted by molar-refractivity contribution is 9.10. The largest absolute Gasteiger partial charge is 0.472 e. The highest BCUT2D eigenvalue weighted by Crippen LogP contribution is 2.38. The molecule has 2 aromatic carbocycles. The Balaban J connectivity index is 1.63. The summed E-state index contributed by atoms with van der Waals surface area (Å²) in [5.74, 6) is 0.322. The Bertz CT molecular complexity index is 1600. The fourth-order valence-corrected chi connectivity index (χ4v) is 5.12. The number of halogens is 1. The van der Waals surface area contributed by atoms with Gasteiger partial charge in [-0.25, -0.2) is 23.1 Å². The number of sulfonamides is 1. The smallest absolute Gasteiger partial charge is 0.316 e. The summed E-state index contributed by atoms with van der Waals surface area (Å²) in [6.45, 7) is 7.89. The van der Waals surface area contributed by atoms with Gasteiger partial charge in [-0.15, -0.1) is 5.10 Å². The summed E-state index contributed by atoms with van der Waals surface area (Å²) < 4.78 is 43.1. The minimum atomic E-state index is -3.97. The van der Waals surface area contributed by atoms with Crippen molar-refractivity contribution >= 4 is 37.6 Å². The molecule has 4 rings (SSSR count). The molecule has 0 spiro atoms. The van der Waals surface area contributed by atoms with Crippen LogP contribution in [0.4, 0.5) is 5.82 Å². The normalized spacial score (nSPS) is 11.8. The summed E-state index contributed by atoms with van der Waals surface area (Å²) in [4.78, 5) is 20.0. The highest BCUT2D eigenvalue weighted by atomic mass is 79.9. The second-order valence-corrected chi connectivity index (χ2v) is 12.6. The molecule has 2 heterocycles. The molecular weight excluding hydrogens is 598 g/mol. The van der Waals surface area contributed by atoms with E-state index >= 15 is 0 Å². The zero-order valence-corrected chi connectivity index (χ0v) is 25.2. The van der Waals surface area contributed by atoms with Crippen molar-refractivity contribution in [1.29, 1.82) is 0 Å². The van der Waals surface area contributed by atoms with E-state index in [1.54, 1.807) is 55.8 Å². The Morgan fingerprint density at radius 1 is 0.975 bits per heavy atom. The van der Waals surface area contributed by atoms with E-state index in [1.807, 2.05) is 12.1 Å². The SMILES string of the molecule is CC(=O)c1ccc(-c2c(OCCOc3ncc(Br)cn3)nn(C)c2NS(=O)(=O)c2ccc(C(C)(C)C)cc2)cc1. The molecule has 1 N–H and O–H groups in total. The van der Waals surface area contributed by atoms with E-state index in [-0.39, 0.29) is 47.0 Å². The van der Waals surface area contributed by atoms with Crippen LogP contribution in [0.1, 0.15) is 43.6 Å². The zero-order valence-electron chi connectivity index (χ0n) is 22.8. The van der Waals surface area contributed by atoms with Crippen LogP contribution in [0.3, 0.4) is 0 Å². The molecule has 0 radical (unpaired) electrons. The van der Waals surface area contributed by atoms with Gasteiger partial charge in [-0.3, -0.25) is 9.52 Å². The first kappa shape index (κ1) is 29.2. The molecule has 0 aliphatic heterocycles. The monoisotopic (exact) mass is 627 g/mol. The molecule has 4 aromatic rings. The van der Waals surface area contributed by atoms with E-state index in [9.17, 15) is 13.2 Å². The fourth-order valence-electron chi connectivity index (χ4n) is 3.82. The number of anilines is 1. The summed E-state index contributed by atoms with van der Waals surface area (Å²) in [5, 5.41) is 4.43. The maximum atomic E-state index is 13.4. The Hall–Kier alpha value is -3.77. The van der Waals surface area contributed by atoms with Gasteiger partial charge in [-0.2, -0.15) is 0 Å². The van der Waals surface area contributed by atoms with Crippen molar-refractivity contribution in [2.75, 3.05) is 17.9 Å². The molecule has 0 atom stereocenters. The van der Waals surface area contributed by atoms with Crippen molar-refractivity contribution in [1.82, 2.24) is 19.7 Å². The standard InChI is InChI=1S/C28H30BrN5O5S/c1-18(35)19-6-8-20(9-7-19)24-25(33-40(36,37)23-12-10-21(11-13-23)28(2,3)4)34(5)32-26(24)38-14-15-39-27-30-16-22(29)17-31-27/h6-13,16-17,33H,14-15H2,1-5H3. The lowest BCUT2D eigenvalue weighted by atomic mass is 9.87. The molecule has 0 amide bonds. The van der Waals surface area contributed by atoms with Gasteiger partial charge in [0.25, 0.3) is 10.0 Å². The number of rotatable bonds is 10. The van der Waals surface area contributed by atoms with Crippen molar-refractivity contribution in [2.24, 2.45) is 7.05 Å². The summed E-state index contributed by atoms with van der Waals surface area (Å²) in [6, 6.07) is 13.8. The molecule has 0 aliphatic carbocycles. The number of ether oxygens (including phenoxy) is 2. The maximum absolute atomic E-state index is 13.4. The van der Waals surface area contributed by atoms with Gasteiger partial charge in [0.15, 0.2) is 5.78 Å². The minimum Gasteiger partial charge on any atom is -0.472 e. The molecule has 0 saturated heterocycles. The number of benzene rings is 2. The summed E-state index contributed by atoms with van der Waals surface area (Å²) >= 11 is 3.27. The van der Waals surface area contributed by atoms with Crippen LogP contribution in [0.2, 0.25) is 0 Å². The van der Waals surface area contributed by atoms with Gasteiger partial charge in [0.05, 0.1) is 14.9 Å². The number of nitrogens with one attached hydrogen (secondary N) is 1. The molecule has 210 valence electrons. The Kier molecular flexibility index (Phi) is 8.59. The number of Topliss-reactive ketones (excluding diaryl/α,β-unsaturated/α-hetero) is 1. The van der Waals surface area contributed by atoms with Crippen molar-refractivity contribution < 1.29 is 22.7 Å². The molecule has 0 fully saturated rings. The predicted octanol–water partition coefficient (Wildman–Crippen LogP) is 5.40.